The largest absolute Gasteiger partial charge is 2.00 e. The van der Waals surface area contributed by atoms with Crippen LogP contribution in [0.5, 0.6) is 0 Å². The second kappa shape index (κ2) is 10.3. The van der Waals surface area contributed by atoms with E-state index in [1.54, 1.807) is 0 Å². The first kappa shape index (κ1) is 23.6. The Balaban J connectivity index is -0.000000256. The molecule has 0 bridgehead atoms. The van der Waals surface area contributed by atoms with Gasteiger partial charge in [0, 0.05) is 13.8 Å². The molecule has 0 atom stereocenters. The predicted molar refractivity (Wildman–Crippen MR) is 69.8 cm³/mol. The zero-order valence-electron chi connectivity index (χ0n) is 12.8. The van der Waals surface area contributed by atoms with Crippen molar-refractivity contribution < 1.29 is 39.7 Å². The second-order valence-electron chi connectivity index (χ2n) is 5.69. The van der Waals surface area contributed by atoms with E-state index < -0.39 is 0 Å². The quantitative estimate of drug-likeness (QED) is 0.555. The summed E-state index contributed by atoms with van der Waals surface area (Å²) in [6.07, 6.45) is 0. The third kappa shape index (κ3) is 31.8. The molecule has 0 aliphatic rings. The Morgan fingerprint density at radius 1 is 0.737 bits per heavy atom. The fraction of sp³-hybridized carbons (Fsp3) is 0.833. The van der Waals surface area contributed by atoms with Crippen molar-refractivity contribution in [2.75, 3.05) is 0 Å². The Morgan fingerprint density at radius 2 is 0.947 bits per heavy atom. The Kier molecular flexibility index (Phi) is 12.8. The Bertz CT molecular complexity index is 242. The van der Waals surface area contributed by atoms with Crippen LogP contribution in [0.4, 0.5) is 0 Å². The fourth-order valence-electron chi connectivity index (χ4n) is 0.402. The van der Waals surface area contributed by atoms with Crippen LogP contribution < -0.4 is 0 Å². The van der Waals surface area contributed by atoms with Crippen molar-refractivity contribution in [1.82, 2.24) is 0 Å². The summed E-state index contributed by atoms with van der Waals surface area (Å²) in [6, 6.07) is 0. The fourth-order valence-corrected chi connectivity index (χ4v) is 0.402. The molecule has 0 aliphatic carbocycles. The van der Waals surface area contributed by atoms with Gasteiger partial charge in [-0.25, -0.2) is 0 Å². The van der Waals surface area contributed by atoms with Crippen molar-refractivity contribution >= 4 is 11.9 Å². The molecular formula is C12H24N2O4Pd. The van der Waals surface area contributed by atoms with E-state index in [0.29, 0.717) is 0 Å². The van der Waals surface area contributed by atoms with E-state index in [-0.39, 0.29) is 43.4 Å². The summed E-state index contributed by atoms with van der Waals surface area (Å²) in [5.74, 6) is -0.741. The minimum atomic E-state index is -0.370. The van der Waals surface area contributed by atoms with Crippen LogP contribution in [0.3, 0.4) is 0 Å². The number of rotatable bonds is 2. The van der Waals surface area contributed by atoms with E-state index in [9.17, 15) is 9.59 Å². The summed E-state index contributed by atoms with van der Waals surface area (Å²) in [5, 5.41) is 0. The van der Waals surface area contributed by atoms with Gasteiger partial charge < -0.3 is 20.6 Å². The molecule has 116 valence electrons. The van der Waals surface area contributed by atoms with Crippen LogP contribution in [0, 0.1) is 0 Å². The van der Waals surface area contributed by atoms with E-state index in [2.05, 4.69) is 20.6 Å². The Morgan fingerprint density at radius 3 is 1.00 bits per heavy atom. The molecule has 0 aromatic carbocycles. The van der Waals surface area contributed by atoms with E-state index in [1.807, 2.05) is 41.5 Å². The topological polar surface area (TPSA) is 80.8 Å². The standard InChI is InChI=1S/2C6H12NO2.Pd/c2*1-5(8)9-7-6(2,3)4;/h2*1-4H3;/q2*-1;+2. The maximum absolute atomic E-state index is 10.2. The van der Waals surface area contributed by atoms with Crippen LogP contribution in [-0.4, -0.2) is 23.0 Å². The van der Waals surface area contributed by atoms with Gasteiger partial charge in [0.2, 0.25) is 0 Å². The van der Waals surface area contributed by atoms with Gasteiger partial charge in [0.25, 0.3) is 11.9 Å². The predicted octanol–water partition coefficient (Wildman–Crippen LogP) is 3.27. The summed E-state index contributed by atoms with van der Waals surface area (Å²) in [5.41, 5.74) is 6.64. The number of hydrogen-bond acceptors (Lipinski definition) is 4. The SMILES string of the molecule is CC(=O)O[N-]C(C)(C)C.CC(=O)O[N-]C(C)(C)C.[Pd+2]. The van der Waals surface area contributed by atoms with Crippen LogP contribution in [0.25, 0.3) is 11.0 Å². The van der Waals surface area contributed by atoms with E-state index in [4.69, 9.17) is 0 Å². The summed E-state index contributed by atoms with van der Waals surface area (Å²) in [7, 11) is 0. The van der Waals surface area contributed by atoms with Crippen LogP contribution in [0.1, 0.15) is 55.4 Å². The van der Waals surface area contributed by atoms with Gasteiger partial charge in [-0.2, -0.15) is 0 Å². The molecule has 0 heterocycles. The molecule has 0 spiro atoms. The second-order valence-corrected chi connectivity index (χ2v) is 5.69. The van der Waals surface area contributed by atoms with Gasteiger partial charge in [-0.05, 0) is 0 Å². The average molecular weight is 367 g/mol. The molecule has 0 saturated carbocycles. The first-order chi connectivity index (χ1) is 7.83. The summed E-state index contributed by atoms with van der Waals surface area (Å²) < 4.78 is 0. The molecule has 0 aromatic heterocycles. The van der Waals surface area contributed by atoms with Crippen molar-refractivity contribution in [1.29, 1.82) is 0 Å². The van der Waals surface area contributed by atoms with Crippen LogP contribution in [0.2, 0.25) is 0 Å². The number of nitrogens with zero attached hydrogens (tertiary/aromatic N) is 2. The zero-order chi connectivity index (χ0) is 15.0. The molecule has 0 aliphatic heterocycles. The molecule has 0 fully saturated rings. The monoisotopic (exact) mass is 366 g/mol. The van der Waals surface area contributed by atoms with Crippen molar-refractivity contribution in [2.24, 2.45) is 0 Å². The van der Waals surface area contributed by atoms with Crippen molar-refractivity contribution in [3.8, 4) is 0 Å². The molecular weight excluding hydrogens is 343 g/mol. The number of hydrogen-bond donors (Lipinski definition) is 0. The summed E-state index contributed by atoms with van der Waals surface area (Å²) in [6.45, 7) is 13.8. The van der Waals surface area contributed by atoms with Crippen molar-refractivity contribution in [3.63, 3.8) is 0 Å². The smallest absolute Gasteiger partial charge is 0.561 e. The molecule has 0 saturated heterocycles. The third-order valence-corrected chi connectivity index (χ3v) is 0.896. The normalized spacial score (nSPS) is 10.5. The molecule has 19 heavy (non-hydrogen) atoms. The van der Waals surface area contributed by atoms with Gasteiger partial charge in [0.1, 0.15) is 0 Å². The summed E-state index contributed by atoms with van der Waals surface area (Å²) in [4.78, 5) is 29.1. The molecule has 7 heteroatoms. The maximum atomic E-state index is 10.2. The van der Waals surface area contributed by atoms with Crippen molar-refractivity contribution in [2.45, 2.75) is 66.5 Å². The van der Waals surface area contributed by atoms with E-state index in [0.717, 1.165) is 0 Å². The van der Waals surface area contributed by atoms with Gasteiger partial charge >= 0.3 is 20.4 Å². The summed E-state index contributed by atoms with van der Waals surface area (Å²) >= 11 is 0. The molecule has 0 unspecified atom stereocenters. The molecule has 0 N–H and O–H groups in total. The van der Waals surface area contributed by atoms with Crippen LogP contribution in [-0.2, 0) is 39.7 Å². The van der Waals surface area contributed by atoms with Crippen LogP contribution in [0.15, 0.2) is 0 Å². The molecule has 0 radical (unpaired) electrons. The molecule has 0 rings (SSSR count). The molecule has 0 aromatic rings. The number of carbonyl (C=O) groups is 2. The molecule has 0 amide bonds. The molecule has 6 nitrogen and oxygen atoms in total. The van der Waals surface area contributed by atoms with Gasteiger partial charge in [0.15, 0.2) is 0 Å². The minimum absolute atomic E-state index is 0. The van der Waals surface area contributed by atoms with Gasteiger partial charge in [-0.1, -0.05) is 41.5 Å². The Labute approximate surface area is 129 Å². The van der Waals surface area contributed by atoms with Gasteiger partial charge in [0.05, 0.1) is 0 Å². The van der Waals surface area contributed by atoms with E-state index >= 15 is 0 Å². The van der Waals surface area contributed by atoms with Gasteiger partial charge in [-0.15, -0.1) is 11.1 Å². The van der Waals surface area contributed by atoms with E-state index in [1.165, 1.54) is 13.8 Å². The minimum Gasteiger partial charge on any atom is -0.561 e. The average Bonchev–Trinajstić information content (AvgIpc) is 2.10. The number of hydroxylamine groups is 2. The maximum Gasteiger partial charge on any atom is 2.00 e. The van der Waals surface area contributed by atoms with Crippen molar-refractivity contribution in [3.05, 3.63) is 11.0 Å². The first-order valence-electron chi connectivity index (χ1n) is 5.63. The first-order valence-corrected chi connectivity index (χ1v) is 5.63. The Hall–Kier alpha value is -0.478. The zero-order valence-corrected chi connectivity index (χ0v) is 14.4. The van der Waals surface area contributed by atoms with Crippen LogP contribution >= 0.6 is 0 Å². The number of carbonyl (C=O) groups excluding carboxylic acids is 2. The van der Waals surface area contributed by atoms with Gasteiger partial charge in [-0.3, -0.25) is 9.59 Å². The third-order valence-electron chi connectivity index (χ3n) is 0.896.